The lowest BCUT2D eigenvalue weighted by atomic mass is 10.1. The van der Waals surface area contributed by atoms with E-state index in [2.05, 4.69) is 30.2 Å². The van der Waals surface area contributed by atoms with Gasteiger partial charge in [0.25, 0.3) is 5.91 Å². The van der Waals surface area contributed by atoms with E-state index in [1.165, 1.54) is 19.6 Å². The number of amides is 1. The Morgan fingerprint density at radius 3 is 2.90 bits per heavy atom. The number of H-pyrrole nitrogens is 1. The summed E-state index contributed by atoms with van der Waals surface area (Å²) >= 11 is 3.12. The smallest absolute Gasteiger partial charge is 0.339 e. The highest BCUT2D eigenvalue weighted by Crippen LogP contribution is 2.27. The highest BCUT2D eigenvalue weighted by Gasteiger charge is 2.22. The molecule has 4 rings (SSSR count). The normalized spacial score (nSPS) is 11.9. The number of thioether (sulfide) groups is 1. The molecular weight excluding hydrogens is 436 g/mol. The van der Waals surface area contributed by atoms with Gasteiger partial charge >= 0.3 is 5.97 Å². The standard InChI is InChI=1S/C20H18N6O3S2/c1-11-7-30-20(25-11)31-8-13-5-3-4-6-14(13)19(28)29-12(2)18(27)26-17-15-16(22-9-21-15)23-10-24-17/h3-7,9-10,12H,8H2,1-2H3,(H2,21,22,23,24,26,27)/t12-/m1/s1. The number of thiazole rings is 1. The third-order valence-corrected chi connectivity index (χ3v) is 6.49. The number of imidazole rings is 1. The van der Waals surface area contributed by atoms with Crippen LogP contribution in [0.5, 0.6) is 0 Å². The SMILES string of the molecule is Cc1csc(SCc2ccccc2C(=O)O[C@H](C)C(=O)Nc2ncnc3nc[nH]c23)n1. The van der Waals surface area contributed by atoms with Crippen LogP contribution >= 0.6 is 23.1 Å². The molecule has 0 fully saturated rings. The Hall–Kier alpha value is -3.31. The van der Waals surface area contributed by atoms with Gasteiger partial charge in [0.05, 0.1) is 11.9 Å². The molecule has 11 heteroatoms. The average Bonchev–Trinajstić information content (AvgIpc) is 3.41. The number of hydrogen-bond acceptors (Lipinski definition) is 9. The third-order valence-electron chi connectivity index (χ3n) is 4.30. The largest absolute Gasteiger partial charge is 0.449 e. The summed E-state index contributed by atoms with van der Waals surface area (Å²) in [6.45, 7) is 3.45. The highest BCUT2D eigenvalue weighted by atomic mass is 32.2. The highest BCUT2D eigenvalue weighted by molar-refractivity contribution is 8.00. The summed E-state index contributed by atoms with van der Waals surface area (Å²) in [6, 6.07) is 7.18. The minimum absolute atomic E-state index is 0.269. The Morgan fingerprint density at radius 2 is 2.10 bits per heavy atom. The van der Waals surface area contributed by atoms with Crippen LogP contribution in [0.1, 0.15) is 28.5 Å². The summed E-state index contributed by atoms with van der Waals surface area (Å²) in [5.74, 6) is -0.236. The predicted molar refractivity (Wildman–Crippen MR) is 118 cm³/mol. The van der Waals surface area contributed by atoms with E-state index >= 15 is 0 Å². The number of carbonyl (C=O) groups is 2. The summed E-state index contributed by atoms with van der Waals surface area (Å²) in [7, 11) is 0. The summed E-state index contributed by atoms with van der Waals surface area (Å²) in [5, 5.41) is 4.63. The van der Waals surface area contributed by atoms with E-state index in [9.17, 15) is 9.59 Å². The number of fused-ring (bicyclic) bond motifs is 1. The maximum atomic E-state index is 12.8. The first-order valence-corrected chi connectivity index (χ1v) is 11.2. The van der Waals surface area contributed by atoms with E-state index in [-0.39, 0.29) is 5.82 Å². The van der Waals surface area contributed by atoms with Crippen LogP contribution < -0.4 is 5.32 Å². The Kier molecular flexibility index (Phi) is 6.23. The minimum atomic E-state index is -1.03. The van der Waals surface area contributed by atoms with Gasteiger partial charge in [-0.05, 0) is 25.5 Å². The van der Waals surface area contributed by atoms with Crippen LogP contribution in [-0.2, 0) is 15.3 Å². The number of benzene rings is 1. The molecule has 1 aromatic carbocycles. The second kappa shape index (κ2) is 9.23. The summed E-state index contributed by atoms with van der Waals surface area (Å²) in [6.07, 6.45) is 1.73. The molecule has 158 valence electrons. The fourth-order valence-corrected chi connectivity index (χ4v) is 4.59. The molecule has 0 saturated heterocycles. The lowest BCUT2D eigenvalue weighted by Gasteiger charge is -2.15. The van der Waals surface area contributed by atoms with Crippen LogP contribution in [-0.4, -0.2) is 42.9 Å². The van der Waals surface area contributed by atoms with Crippen LogP contribution in [0.25, 0.3) is 11.2 Å². The molecule has 0 spiro atoms. The van der Waals surface area contributed by atoms with Crippen LogP contribution in [0.2, 0.25) is 0 Å². The van der Waals surface area contributed by atoms with Gasteiger partial charge in [0.1, 0.15) is 16.2 Å². The third kappa shape index (κ3) is 4.89. The van der Waals surface area contributed by atoms with Crippen LogP contribution in [0.4, 0.5) is 5.82 Å². The molecule has 0 radical (unpaired) electrons. The molecule has 2 N–H and O–H groups in total. The quantitative estimate of drug-likeness (QED) is 0.321. The molecule has 0 unspecified atom stereocenters. The van der Waals surface area contributed by atoms with Crippen molar-refractivity contribution in [1.29, 1.82) is 0 Å². The molecular formula is C20H18N6O3S2. The number of rotatable bonds is 7. The van der Waals surface area contributed by atoms with Gasteiger partial charge in [-0.1, -0.05) is 30.0 Å². The van der Waals surface area contributed by atoms with Gasteiger partial charge in [-0.2, -0.15) is 0 Å². The fraction of sp³-hybridized carbons (Fsp3) is 0.200. The van der Waals surface area contributed by atoms with Crippen molar-refractivity contribution < 1.29 is 14.3 Å². The second-order valence-electron chi connectivity index (χ2n) is 6.56. The summed E-state index contributed by atoms with van der Waals surface area (Å²) < 4.78 is 6.35. The molecule has 4 aromatic rings. The Bertz CT molecular complexity index is 1240. The molecule has 0 aliphatic heterocycles. The lowest BCUT2D eigenvalue weighted by Crippen LogP contribution is -2.30. The number of ether oxygens (including phenoxy) is 1. The van der Waals surface area contributed by atoms with Gasteiger partial charge in [0, 0.05) is 16.8 Å². The number of aryl methyl sites for hydroxylation is 1. The number of aromatic nitrogens is 5. The van der Waals surface area contributed by atoms with E-state index in [4.69, 9.17) is 4.74 Å². The summed E-state index contributed by atoms with van der Waals surface area (Å²) in [4.78, 5) is 44.7. The number of aromatic amines is 1. The van der Waals surface area contributed by atoms with Crippen molar-refractivity contribution >= 4 is 52.0 Å². The predicted octanol–water partition coefficient (Wildman–Crippen LogP) is 3.59. The second-order valence-corrected chi connectivity index (χ2v) is 8.64. The first kappa shape index (κ1) is 20.9. The van der Waals surface area contributed by atoms with E-state index in [0.29, 0.717) is 22.5 Å². The first-order valence-electron chi connectivity index (χ1n) is 9.30. The van der Waals surface area contributed by atoms with Gasteiger partial charge in [-0.3, -0.25) is 4.79 Å². The van der Waals surface area contributed by atoms with Crippen molar-refractivity contribution in [3.05, 3.63) is 59.1 Å². The van der Waals surface area contributed by atoms with E-state index < -0.39 is 18.0 Å². The van der Waals surface area contributed by atoms with Crippen molar-refractivity contribution in [1.82, 2.24) is 24.9 Å². The van der Waals surface area contributed by atoms with Gasteiger partial charge in [-0.15, -0.1) is 11.3 Å². The van der Waals surface area contributed by atoms with Gasteiger partial charge in [0.2, 0.25) is 0 Å². The van der Waals surface area contributed by atoms with Crippen molar-refractivity contribution in [2.24, 2.45) is 0 Å². The lowest BCUT2D eigenvalue weighted by molar-refractivity contribution is -0.123. The first-order chi connectivity index (χ1) is 15.0. The number of esters is 1. The Morgan fingerprint density at radius 1 is 1.26 bits per heavy atom. The van der Waals surface area contributed by atoms with Crippen molar-refractivity contribution in [3.63, 3.8) is 0 Å². The van der Waals surface area contributed by atoms with Crippen molar-refractivity contribution in [2.45, 2.75) is 30.0 Å². The van der Waals surface area contributed by atoms with Crippen molar-refractivity contribution in [3.8, 4) is 0 Å². The number of nitrogens with zero attached hydrogens (tertiary/aromatic N) is 4. The van der Waals surface area contributed by atoms with Crippen LogP contribution in [0, 0.1) is 6.92 Å². The molecule has 0 saturated carbocycles. The Balaban J connectivity index is 1.41. The molecule has 3 heterocycles. The molecule has 3 aromatic heterocycles. The van der Waals surface area contributed by atoms with Crippen LogP contribution in [0.3, 0.4) is 0 Å². The van der Waals surface area contributed by atoms with E-state index in [0.717, 1.165) is 15.6 Å². The Labute approximate surface area is 185 Å². The molecule has 9 nitrogen and oxygen atoms in total. The van der Waals surface area contributed by atoms with E-state index in [1.54, 1.807) is 35.2 Å². The molecule has 1 atom stereocenters. The topological polar surface area (TPSA) is 123 Å². The molecule has 0 aliphatic rings. The van der Waals surface area contributed by atoms with Crippen LogP contribution in [0.15, 0.2) is 46.6 Å². The zero-order valence-electron chi connectivity index (χ0n) is 16.7. The van der Waals surface area contributed by atoms with Gasteiger partial charge in [-0.25, -0.2) is 24.7 Å². The van der Waals surface area contributed by atoms with Gasteiger partial charge < -0.3 is 15.0 Å². The zero-order valence-corrected chi connectivity index (χ0v) is 18.3. The van der Waals surface area contributed by atoms with Gasteiger partial charge in [0.15, 0.2) is 17.6 Å². The maximum Gasteiger partial charge on any atom is 0.339 e. The monoisotopic (exact) mass is 454 g/mol. The number of carbonyl (C=O) groups excluding carboxylic acids is 2. The maximum absolute atomic E-state index is 12.8. The zero-order chi connectivity index (χ0) is 21.8. The van der Waals surface area contributed by atoms with E-state index in [1.807, 2.05) is 24.4 Å². The summed E-state index contributed by atoms with van der Waals surface area (Å²) in [5.41, 5.74) is 3.12. The van der Waals surface area contributed by atoms with Crippen molar-refractivity contribution in [2.75, 3.05) is 5.32 Å². The number of hydrogen-bond donors (Lipinski definition) is 2. The molecule has 31 heavy (non-hydrogen) atoms. The number of nitrogens with one attached hydrogen (secondary N) is 2. The molecule has 0 aliphatic carbocycles. The molecule has 0 bridgehead atoms. The minimum Gasteiger partial charge on any atom is -0.449 e. The average molecular weight is 455 g/mol. The fourth-order valence-electron chi connectivity index (χ4n) is 2.74. The molecule has 1 amide bonds. The number of anilines is 1.